The molecule has 1 atom stereocenters. The Kier molecular flexibility index (Phi) is 7.22. The summed E-state index contributed by atoms with van der Waals surface area (Å²) in [5.74, 6) is -0.165. The molecule has 1 aromatic heterocycles. The van der Waals surface area contributed by atoms with Crippen LogP contribution < -0.4 is 14.5 Å². The van der Waals surface area contributed by atoms with Crippen LogP contribution in [0.3, 0.4) is 0 Å². The molecule has 0 spiro atoms. The molecule has 200 valence electrons. The topological polar surface area (TPSA) is 116 Å². The molecule has 0 unspecified atom stereocenters. The van der Waals surface area contributed by atoms with Crippen molar-refractivity contribution in [3.63, 3.8) is 0 Å². The molecule has 5 rings (SSSR count). The van der Waals surface area contributed by atoms with E-state index in [4.69, 9.17) is 11.6 Å². The first-order valence-electron chi connectivity index (χ1n) is 12.3. The molecule has 38 heavy (non-hydrogen) atoms. The highest BCUT2D eigenvalue weighted by atomic mass is 35.5. The monoisotopic (exact) mass is 556 g/mol. The number of hydrogen-bond acceptors (Lipinski definition) is 7. The summed E-state index contributed by atoms with van der Waals surface area (Å²) in [6, 6.07) is 12.8. The van der Waals surface area contributed by atoms with E-state index in [2.05, 4.69) is 19.6 Å². The van der Waals surface area contributed by atoms with Gasteiger partial charge in [0.15, 0.2) is 0 Å². The highest BCUT2D eigenvalue weighted by Gasteiger charge is 2.34. The number of piperazine rings is 1. The second-order valence-electron chi connectivity index (χ2n) is 9.25. The van der Waals surface area contributed by atoms with Gasteiger partial charge in [0.25, 0.3) is 10.0 Å². The summed E-state index contributed by atoms with van der Waals surface area (Å²) in [6.07, 6.45) is 4.53. The maximum atomic E-state index is 13.4. The van der Waals surface area contributed by atoms with Gasteiger partial charge in [-0.2, -0.15) is 0 Å². The molecule has 2 aliphatic heterocycles. The van der Waals surface area contributed by atoms with Crippen molar-refractivity contribution in [2.24, 2.45) is 0 Å². The molecule has 1 N–H and O–H groups in total. The number of amides is 2. The number of halogens is 1. The standard InChI is InChI=1S/C26H27ClN6O4S.H2/c1-18(32-12-2-3-19-15-20(27)4-9-23(19)32)26(35)31-13-14-33(25(34)16-31)21-5-7-22(8-6-21)38(36,37)30-24-10-11-28-17-29-24;/h4-11,15,17-18H,2-3,12-14,16H2,1H3,(H,28,29,30);1H/t18-;/m1./s1. The largest absolute Gasteiger partial charge is 0.360 e. The molecular formula is C26H29ClN6O4S. The number of aryl methyl sites for hydroxylation is 1. The van der Waals surface area contributed by atoms with Gasteiger partial charge in [-0.1, -0.05) is 11.6 Å². The average molecular weight is 557 g/mol. The molecule has 0 bridgehead atoms. The molecule has 1 saturated heterocycles. The van der Waals surface area contributed by atoms with E-state index in [1.807, 2.05) is 25.1 Å². The number of carbonyl (C=O) groups excluding carboxylic acids is 2. The highest BCUT2D eigenvalue weighted by Crippen LogP contribution is 2.31. The smallest absolute Gasteiger partial charge is 0.263 e. The Morgan fingerprint density at radius 3 is 2.61 bits per heavy atom. The number of aromatic nitrogens is 2. The maximum absolute atomic E-state index is 13.4. The summed E-state index contributed by atoms with van der Waals surface area (Å²) in [5.41, 5.74) is 2.70. The first-order valence-corrected chi connectivity index (χ1v) is 14.1. The van der Waals surface area contributed by atoms with Crippen LogP contribution in [0.25, 0.3) is 0 Å². The van der Waals surface area contributed by atoms with E-state index >= 15 is 0 Å². The van der Waals surface area contributed by atoms with Crippen molar-refractivity contribution in [2.45, 2.75) is 30.7 Å². The predicted octanol–water partition coefficient (Wildman–Crippen LogP) is 3.19. The Morgan fingerprint density at radius 1 is 1.11 bits per heavy atom. The van der Waals surface area contributed by atoms with Crippen LogP contribution in [0.1, 0.15) is 20.3 Å². The molecule has 12 heteroatoms. The molecule has 0 radical (unpaired) electrons. The second-order valence-corrected chi connectivity index (χ2v) is 11.4. The molecule has 2 amide bonds. The number of fused-ring (bicyclic) bond motifs is 1. The van der Waals surface area contributed by atoms with Crippen LogP contribution in [0.2, 0.25) is 5.02 Å². The summed E-state index contributed by atoms with van der Waals surface area (Å²) in [5, 5.41) is 0.680. The number of sulfonamides is 1. The van der Waals surface area contributed by atoms with Gasteiger partial charge in [-0.05, 0) is 73.9 Å². The van der Waals surface area contributed by atoms with E-state index in [1.54, 1.807) is 21.9 Å². The molecule has 0 aliphatic carbocycles. The Balaban J connectivity index is 0.00000353. The molecule has 2 aliphatic rings. The average Bonchev–Trinajstić information content (AvgIpc) is 2.92. The van der Waals surface area contributed by atoms with Gasteiger partial charge in [0.1, 0.15) is 24.7 Å². The Hall–Kier alpha value is -3.70. The normalized spacial score (nSPS) is 16.7. The maximum Gasteiger partial charge on any atom is 0.263 e. The number of carbonyl (C=O) groups is 2. The number of nitrogens with zero attached hydrogens (tertiary/aromatic N) is 5. The lowest BCUT2D eigenvalue weighted by molar-refractivity contribution is -0.137. The SMILES string of the molecule is C[C@H](C(=O)N1CCN(c2ccc(S(=O)(=O)Nc3ccncn3)cc2)C(=O)C1)N1CCCc2cc(Cl)ccc21.[HH]. The minimum atomic E-state index is -3.85. The summed E-state index contributed by atoms with van der Waals surface area (Å²) < 4.78 is 27.7. The summed E-state index contributed by atoms with van der Waals surface area (Å²) in [7, 11) is -3.85. The molecule has 2 aromatic carbocycles. The third-order valence-electron chi connectivity index (χ3n) is 6.83. The number of hydrogen-bond donors (Lipinski definition) is 1. The lowest BCUT2D eigenvalue weighted by atomic mass is 10.00. The summed E-state index contributed by atoms with van der Waals surface area (Å²) >= 11 is 6.16. The molecule has 10 nitrogen and oxygen atoms in total. The first kappa shape index (κ1) is 25.9. The van der Waals surface area contributed by atoms with E-state index in [1.165, 1.54) is 30.7 Å². The van der Waals surface area contributed by atoms with Crippen molar-refractivity contribution < 1.29 is 19.4 Å². The predicted molar refractivity (Wildman–Crippen MR) is 147 cm³/mol. The molecule has 3 aromatic rings. The van der Waals surface area contributed by atoms with E-state index in [0.717, 1.165) is 30.6 Å². The van der Waals surface area contributed by atoms with E-state index in [9.17, 15) is 18.0 Å². The Morgan fingerprint density at radius 2 is 1.89 bits per heavy atom. The van der Waals surface area contributed by atoms with Crippen molar-refractivity contribution in [1.29, 1.82) is 0 Å². The fourth-order valence-electron chi connectivity index (χ4n) is 4.88. The Bertz CT molecular complexity index is 1460. The lowest BCUT2D eigenvalue weighted by Gasteiger charge is -2.40. The third kappa shape index (κ3) is 5.30. The zero-order chi connectivity index (χ0) is 26.9. The molecule has 1 fully saturated rings. The van der Waals surface area contributed by atoms with Crippen LogP contribution in [0.4, 0.5) is 17.2 Å². The van der Waals surface area contributed by atoms with E-state index in [-0.39, 0.29) is 30.5 Å². The van der Waals surface area contributed by atoms with Crippen LogP contribution in [-0.4, -0.2) is 67.3 Å². The van der Waals surface area contributed by atoms with Gasteiger partial charge in [-0.25, -0.2) is 18.4 Å². The second kappa shape index (κ2) is 10.6. The minimum Gasteiger partial charge on any atom is -0.360 e. The lowest BCUT2D eigenvalue weighted by Crippen LogP contribution is -2.57. The third-order valence-corrected chi connectivity index (χ3v) is 8.44. The Labute approximate surface area is 227 Å². The van der Waals surface area contributed by atoms with Gasteiger partial charge in [-0.15, -0.1) is 0 Å². The number of benzene rings is 2. The molecular weight excluding hydrogens is 528 g/mol. The van der Waals surface area contributed by atoms with Crippen LogP contribution >= 0.6 is 11.6 Å². The van der Waals surface area contributed by atoms with Crippen molar-refractivity contribution in [3.05, 3.63) is 71.6 Å². The van der Waals surface area contributed by atoms with Crippen molar-refractivity contribution >= 4 is 50.6 Å². The van der Waals surface area contributed by atoms with Crippen LogP contribution in [0.5, 0.6) is 0 Å². The van der Waals surface area contributed by atoms with Crippen LogP contribution in [0, 0.1) is 0 Å². The van der Waals surface area contributed by atoms with Crippen molar-refractivity contribution in [3.8, 4) is 0 Å². The summed E-state index contributed by atoms with van der Waals surface area (Å²) in [6.45, 7) is 3.29. The first-order chi connectivity index (χ1) is 18.2. The minimum absolute atomic E-state index is 0. The number of rotatable bonds is 6. The van der Waals surface area contributed by atoms with Gasteiger partial charge in [0.2, 0.25) is 11.8 Å². The summed E-state index contributed by atoms with van der Waals surface area (Å²) in [4.78, 5) is 39.3. The number of nitrogens with one attached hydrogen (secondary N) is 1. The fourth-order valence-corrected chi connectivity index (χ4v) is 6.08. The molecule has 0 saturated carbocycles. The number of anilines is 3. The van der Waals surface area contributed by atoms with Crippen molar-refractivity contribution in [2.75, 3.05) is 40.7 Å². The highest BCUT2D eigenvalue weighted by molar-refractivity contribution is 7.92. The van der Waals surface area contributed by atoms with Crippen LogP contribution in [0.15, 0.2) is 66.0 Å². The zero-order valence-electron chi connectivity index (χ0n) is 20.7. The van der Waals surface area contributed by atoms with Gasteiger partial charge in [0, 0.05) is 43.7 Å². The molecule has 3 heterocycles. The van der Waals surface area contributed by atoms with Gasteiger partial charge < -0.3 is 14.7 Å². The van der Waals surface area contributed by atoms with E-state index < -0.39 is 16.1 Å². The van der Waals surface area contributed by atoms with Crippen molar-refractivity contribution in [1.82, 2.24) is 14.9 Å². The fraction of sp³-hybridized carbons (Fsp3) is 0.308. The van der Waals surface area contributed by atoms with E-state index in [0.29, 0.717) is 23.8 Å². The zero-order valence-corrected chi connectivity index (χ0v) is 22.3. The van der Waals surface area contributed by atoms with Gasteiger partial charge >= 0.3 is 0 Å². The van der Waals surface area contributed by atoms with Gasteiger partial charge in [-0.3, -0.25) is 14.3 Å². The van der Waals surface area contributed by atoms with Gasteiger partial charge in [0.05, 0.1) is 4.90 Å². The quantitative estimate of drug-likeness (QED) is 0.495. The van der Waals surface area contributed by atoms with Crippen LogP contribution in [-0.2, 0) is 26.0 Å².